The minimum absolute atomic E-state index is 0.366. The van der Waals surface area contributed by atoms with Crippen LogP contribution in [-0.2, 0) is 11.3 Å². The highest BCUT2D eigenvalue weighted by atomic mass is 35.5. The molecule has 2 aromatic carbocycles. The molecule has 0 aliphatic heterocycles. The van der Waals surface area contributed by atoms with Crippen LogP contribution in [-0.4, -0.2) is 23.9 Å². The van der Waals surface area contributed by atoms with Gasteiger partial charge in [0.2, 0.25) is 0 Å². The zero-order valence-electron chi connectivity index (χ0n) is 11.7. The van der Waals surface area contributed by atoms with Crippen molar-refractivity contribution in [2.45, 2.75) is 6.54 Å². The number of ether oxygens (including phenoxy) is 1. The summed E-state index contributed by atoms with van der Waals surface area (Å²) in [5, 5.41) is 13.4. The van der Waals surface area contributed by atoms with Crippen LogP contribution in [0.1, 0.15) is 11.1 Å². The molecule has 0 radical (unpaired) electrons. The molecule has 0 bridgehead atoms. The van der Waals surface area contributed by atoms with Crippen molar-refractivity contribution in [2.24, 2.45) is 5.10 Å². The molecule has 114 valence electrons. The van der Waals surface area contributed by atoms with Crippen molar-refractivity contribution in [2.75, 3.05) is 6.61 Å². The molecular formula is C16H15ClN2O3. The van der Waals surface area contributed by atoms with Gasteiger partial charge < -0.3 is 15.3 Å². The molecule has 2 aromatic rings. The first-order valence-corrected chi connectivity index (χ1v) is 6.96. The molecule has 0 aliphatic carbocycles. The monoisotopic (exact) mass is 318 g/mol. The highest BCUT2D eigenvalue weighted by molar-refractivity contribution is 6.30. The van der Waals surface area contributed by atoms with Crippen LogP contribution in [0.25, 0.3) is 0 Å². The van der Waals surface area contributed by atoms with E-state index in [2.05, 4.69) is 10.5 Å². The molecule has 0 fully saturated rings. The standard InChI is InChI=1S/C16H15ClN2O3/c17-14-6-4-12(5-7-14)9-18-19-10-13-2-1-3-15(8-13)22-11-16(20)21/h1-8,10,18H,9,11H2,(H,20,21)/b19-10-. The van der Waals surface area contributed by atoms with Crippen molar-refractivity contribution in [3.63, 3.8) is 0 Å². The van der Waals surface area contributed by atoms with Crippen molar-refractivity contribution in [1.82, 2.24) is 5.43 Å². The van der Waals surface area contributed by atoms with Crippen LogP contribution in [0.2, 0.25) is 5.02 Å². The van der Waals surface area contributed by atoms with Crippen molar-refractivity contribution in [3.05, 3.63) is 64.7 Å². The molecule has 0 spiro atoms. The number of benzene rings is 2. The molecule has 22 heavy (non-hydrogen) atoms. The number of carboxylic acids is 1. The molecule has 0 heterocycles. The Morgan fingerprint density at radius 3 is 2.77 bits per heavy atom. The van der Waals surface area contributed by atoms with E-state index < -0.39 is 5.97 Å². The van der Waals surface area contributed by atoms with E-state index >= 15 is 0 Å². The van der Waals surface area contributed by atoms with Gasteiger partial charge in [-0.3, -0.25) is 0 Å². The second-order valence-corrected chi connectivity index (χ2v) is 4.91. The molecule has 5 nitrogen and oxygen atoms in total. The van der Waals surface area contributed by atoms with Crippen LogP contribution in [0.15, 0.2) is 53.6 Å². The van der Waals surface area contributed by atoms with Crippen LogP contribution >= 0.6 is 11.6 Å². The molecule has 0 aliphatic rings. The van der Waals surface area contributed by atoms with E-state index in [1.165, 1.54) is 0 Å². The Bertz CT molecular complexity index is 657. The zero-order valence-corrected chi connectivity index (χ0v) is 12.5. The smallest absolute Gasteiger partial charge is 0.341 e. The maximum Gasteiger partial charge on any atom is 0.341 e. The molecule has 0 aromatic heterocycles. The summed E-state index contributed by atoms with van der Waals surface area (Å²) >= 11 is 5.81. The van der Waals surface area contributed by atoms with E-state index in [1.54, 1.807) is 24.4 Å². The first kappa shape index (κ1) is 15.9. The second-order valence-electron chi connectivity index (χ2n) is 4.47. The lowest BCUT2D eigenvalue weighted by molar-refractivity contribution is -0.139. The number of nitrogens with one attached hydrogen (secondary N) is 1. The van der Waals surface area contributed by atoms with Crippen LogP contribution in [0.5, 0.6) is 5.75 Å². The minimum atomic E-state index is -1.01. The summed E-state index contributed by atoms with van der Waals surface area (Å²) in [6, 6.07) is 14.5. The van der Waals surface area contributed by atoms with Crippen molar-refractivity contribution < 1.29 is 14.6 Å². The third-order valence-electron chi connectivity index (χ3n) is 2.72. The molecule has 2 N–H and O–H groups in total. The van der Waals surface area contributed by atoms with Crippen molar-refractivity contribution in [1.29, 1.82) is 0 Å². The van der Waals surface area contributed by atoms with Crippen LogP contribution in [0.3, 0.4) is 0 Å². The highest BCUT2D eigenvalue weighted by Crippen LogP contribution is 2.12. The SMILES string of the molecule is O=C(O)COc1cccc(/C=N\NCc2ccc(Cl)cc2)c1. The molecule has 0 saturated carbocycles. The van der Waals surface area contributed by atoms with Crippen LogP contribution in [0.4, 0.5) is 0 Å². The number of rotatable bonds is 7. The van der Waals surface area contributed by atoms with Gasteiger partial charge in [-0.2, -0.15) is 5.10 Å². The maximum absolute atomic E-state index is 10.5. The third kappa shape index (κ3) is 5.46. The van der Waals surface area contributed by atoms with Gasteiger partial charge in [0.25, 0.3) is 0 Å². The largest absolute Gasteiger partial charge is 0.482 e. The average Bonchev–Trinajstić information content (AvgIpc) is 2.52. The van der Waals surface area contributed by atoms with Gasteiger partial charge in [-0.25, -0.2) is 4.79 Å². The third-order valence-corrected chi connectivity index (χ3v) is 2.97. The van der Waals surface area contributed by atoms with Crippen molar-refractivity contribution in [3.8, 4) is 5.75 Å². The molecule has 0 atom stereocenters. The number of carboxylic acid groups (broad SMARTS) is 1. The van der Waals surface area contributed by atoms with Crippen molar-refractivity contribution >= 4 is 23.8 Å². The number of hydrazone groups is 1. The lowest BCUT2D eigenvalue weighted by Gasteiger charge is -2.04. The summed E-state index contributed by atoms with van der Waals surface area (Å²) in [6.07, 6.45) is 1.64. The zero-order chi connectivity index (χ0) is 15.8. The molecule has 0 saturated heterocycles. The van der Waals surface area contributed by atoms with Gasteiger partial charge in [0.1, 0.15) is 5.75 Å². The Morgan fingerprint density at radius 1 is 1.27 bits per heavy atom. The first-order chi connectivity index (χ1) is 10.6. The summed E-state index contributed by atoms with van der Waals surface area (Å²) in [7, 11) is 0. The van der Waals surface area contributed by atoms with Gasteiger partial charge in [-0.05, 0) is 35.4 Å². The maximum atomic E-state index is 10.5. The number of hydrogen-bond donors (Lipinski definition) is 2. The molecule has 2 rings (SSSR count). The number of hydrogen-bond acceptors (Lipinski definition) is 4. The Kier molecular flexibility index (Phi) is 5.80. The summed E-state index contributed by atoms with van der Waals surface area (Å²) in [6.45, 7) is 0.221. The van der Waals surface area contributed by atoms with Gasteiger partial charge in [-0.15, -0.1) is 0 Å². The van der Waals surface area contributed by atoms with Gasteiger partial charge in [0.05, 0.1) is 12.8 Å². The normalized spacial score (nSPS) is 10.6. The Balaban J connectivity index is 1.85. The Hall–Kier alpha value is -2.53. The van der Waals surface area contributed by atoms with Gasteiger partial charge >= 0.3 is 5.97 Å². The fourth-order valence-corrected chi connectivity index (χ4v) is 1.82. The van der Waals surface area contributed by atoms with E-state index in [-0.39, 0.29) is 6.61 Å². The lowest BCUT2D eigenvalue weighted by Crippen LogP contribution is -2.09. The molecule has 0 unspecified atom stereocenters. The number of halogens is 1. The molecular weight excluding hydrogens is 304 g/mol. The Labute approximate surface area is 133 Å². The van der Waals surface area contributed by atoms with Gasteiger partial charge in [0.15, 0.2) is 6.61 Å². The lowest BCUT2D eigenvalue weighted by atomic mass is 10.2. The number of aliphatic carboxylic acids is 1. The topological polar surface area (TPSA) is 70.9 Å². The number of nitrogens with zero attached hydrogens (tertiary/aromatic N) is 1. The molecule has 6 heteroatoms. The van der Waals surface area contributed by atoms with E-state index in [9.17, 15) is 4.79 Å². The highest BCUT2D eigenvalue weighted by Gasteiger charge is 1.99. The Morgan fingerprint density at radius 2 is 2.05 bits per heavy atom. The second kappa shape index (κ2) is 8.05. The summed E-state index contributed by atoms with van der Waals surface area (Å²) in [4.78, 5) is 10.5. The van der Waals surface area contributed by atoms with Crippen LogP contribution < -0.4 is 10.2 Å². The van der Waals surface area contributed by atoms with E-state index in [0.717, 1.165) is 11.1 Å². The van der Waals surface area contributed by atoms with Gasteiger partial charge in [0, 0.05) is 5.02 Å². The fraction of sp³-hybridized carbons (Fsp3) is 0.125. The van der Waals surface area contributed by atoms with Crippen LogP contribution in [0, 0.1) is 0 Å². The van der Waals surface area contributed by atoms with E-state index in [0.29, 0.717) is 17.3 Å². The van der Waals surface area contributed by atoms with Gasteiger partial charge in [-0.1, -0.05) is 35.9 Å². The minimum Gasteiger partial charge on any atom is -0.482 e. The van der Waals surface area contributed by atoms with E-state index in [1.807, 2.05) is 30.3 Å². The predicted molar refractivity (Wildman–Crippen MR) is 85.5 cm³/mol. The number of carbonyl (C=O) groups is 1. The fourth-order valence-electron chi connectivity index (χ4n) is 1.69. The van der Waals surface area contributed by atoms with E-state index in [4.69, 9.17) is 21.4 Å². The first-order valence-electron chi connectivity index (χ1n) is 6.58. The quantitative estimate of drug-likeness (QED) is 0.608. The predicted octanol–water partition coefficient (Wildman–Crippen LogP) is 2.93. The summed E-state index contributed by atoms with van der Waals surface area (Å²) < 4.78 is 5.10. The summed E-state index contributed by atoms with van der Waals surface area (Å²) in [5.41, 5.74) is 4.81. The average molecular weight is 319 g/mol. The molecule has 0 amide bonds. The summed E-state index contributed by atoms with van der Waals surface area (Å²) in [5.74, 6) is -0.521.